The van der Waals surface area contributed by atoms with E-state index in [4.69, 9.17) is 9.47 Å². The van der Waals surface area contributed by atoms with E-state index in [-0.39, 0.29) is 38.9 Å². The number of sulfonamides is 1. The van der Waals surface area contributed by atoms with Crippen molar-refractivity contribution in [2.45, 2.75) is 126 Å². The summed E-state index contributed by atoms with van der Waals surface area (Å²) < 4.78 is 53.3. The zero-order valence-electron chi connectivity index (χ0n) is 29.1. The Labute approximate surface area is 296 Å². The first-order valence-corrected chi connectivity index (χ1v) is 19.2. The van der Waals surface area contributed by atoms with Gasteiger partial charge >= 0.3 is 12.2 Å². The molecule has 3 aliphatic heterocycles. The molecule has 2 aliphatic carbocycles. The summed E-state index contributed by atoms with van der Waals surface area (Å²) in [6.07, 6.45) is 5.10. The van der Waals surface area contributed by atoms with Gasteiger partial charge in [0.15, 0.2) is 0 Å². The monoisotopic (exact) mass is 731 g/mol. The maximum Gasteiger partial charge on any atom is 0.410 e. The number of carbonyl (C=O) groups excluding carboxylic acids is 5. The minimum Gasteiger partial charge on any atom is -0.444 e. The molecule has 0 aromatic heterocycles. The van der Waals surface area contributed by atoms with Crippen LogP contribution < -0.4 is 15.4 Å². The minimum absolute atomic E-state index is 0.00168. The Morgan fingerprint density at radius 1 is 1.06 bits per heavy atom. The summed E-state index contributed by atoms with van der Waals surface area (Å²) in [7, 11) is -3.92. The predicted octanol–water partition coefficient (Wildman–Crippen LogP) is 3.14. The summed E-state index contributed by atoms with van der Waals surface area (Å²) >= 11 is 0. The number of hydrogen-bond donors (Lipinski definition) is 3. The van der Waals surface area contributed by atoms with Gasteiger partial charge in [0, 0.05) is 24.4 Å². The van der Waals surface area contributed by atoms with Crippen LogP contribution in [0.1, 0.15) is 89.7 Å². The third-order valence-corrected chi connectivity index (χ3v) is 11.8. The summed E-state index contributed by atoms with van der Waals surface area (Å²) in [6, 6.07) is 2.30. The fourth-order valence-corrected chi connectivity index (χ4v) is 8.39. The van der Waals surface area contributed by atoms with E-state index < -0.39 is 86.2 Å². The van der Waals surface area contributed by atoms with Crippen LogP contribution >= 0.6 is 0 Å². The Morgan fingerprint density at radius 2 is 1.82 bits per heavy atom. The second kappa shape index (κ2) is 14.1. The number of alkyl carbamates (subject to hydrolysis) is 1. The lowest BCUT2D eigenvalue weighted by atomic mass is 10.0. The maximum absolute atomic E-state index is 14.4. The van der Waals surface area contributed by atoms with E-state index in [1.165, 1.54) is 15.9 Å². The molecule has 1 aromatic carbocycles. The van der Waals surface area contributed by atoms with Crippen molar-refractivity contribution in [2.24, 2.45) is 5.92 Å². The van der Waals surface area contributed by atoms with Crippen molar-refractivity contribution in [1.82, 2.24) is 25.2 Å². The highest BCUT2D eigenvalue weighted by molar-refractivity contribution is 7.91. The smallest absolute Gasteiger partial charge is 0.410 e. The van der Waals surface area contributed by atoms with Crippen molar-refractivity contribution < 1.29 is 46.3 Å². The molecule has 1 aromatic rings. The van der Waals surface area contributed by atoms with Crippen molar-refractivity contribution in [2.75, 3.05) is 6.54 Å². The van der Waals surface area contributed by atoms with Gasteiger partial charge < -0.3 is 25.0 Å². The number of nitrogens with one attached hydrogen (secondary N) is 3. The number of amides is 5. The van der Waals surface area contributed by atoms with E-state index in [0.29, 0.717) is 36.8 Å². The molecule has 0 spiro atoms. The zero-order valence-corrected chi connectivity index (χ0v) is 29.9. The van der Waals surface area contributed by atoms with Gasteiger partial charge in [-0.3, -0.25) is 24.0 Å². The lowest BCUT2D eigenvalue weighted by Crippen LogP contribution is -2.58. The summed E-state index contributed by atoms with van der Waals surface area (Å²) in [6.45, 7) is 5.01. The number of benzene rings is 1. The minimum atomic E-state index is -3.92. The maximum atomic E-state index is 14.4. The van der Waals surface area contributed by atoms with Crippen LogP contribution in [-0.2, 0) is 47.0 Å². The molecule has 16 heteroatoms. The molecule has 14 nitrogen and oxygen atoms in total. The highest BCUT2D eigenvalue weighted by Crippen LogP contribution is 2.46. The summed E-state index contributed by atoms with van der Waals surface area (Å²) in [5, 5.41) is 4.79. The van der Waals surface area contributed by atoms with E-state index in [1.807, 2.05) is 12.2 Å². The predicted molar refractivity (Wildman–Crippen MR) is 180 cm³/mol. The Balaban J connectivity index is 1.25. The second-order valence-corrected chi connectivity index (χ2v) is 17.2. The molecule has 6 rings (SSSR count). The van der Waals surface area contributed by atoms with Gasteiger partial charge in [0.2, 0.25) is 21.8 Å². The molecular formula is C35H46FN5O9S. The van der Waals surface area contributed by atoms with Crippen LogP contribution in [0, 0.1) is 11.7 Å². The van der Waals surface area contributed by atoms with Gasteiger partial charge in [0.05, 0.1) is 18.3 Å². The van der Waals surface area contributed by atoms with E-state index in [2.05, 4.69) is 15.4 Å². The van der Waals surface area contributed by atoms with Gasteiger partial charge in [-0.25, -0.2) is 22.4 Å². The van der Waals surface area contributed by atoms with Gasteiger partial charge in [0.1, 0.15) is 35.1 Å². The number of rotatable bonds is 5. The lowest BCUT2D eigenvalue weighted by Gasteiger charge is -2.30. The van der Waals surface area contributed by atoms with Gasteiger partial charge in [-0.1, -0.05) is 37.1 Å². The number of carbonyl (C=O) groups is 5. The van der Waals surface area contributed by atoms with Gasteiger partial charge in [-0.2, -0.15) is 0 Å². The number of halogens is 1. The lowest BCUT2D eigenvalue weighted by molar-refractivity contribution is -0.141. The van der Waals surface area contributed by atoms with Crippen LogP contribution in [0.25, 0.3) is 0 Å². The second-order valence-electron chi connectivity index (χ2n) is 15.2. The van der Waals surface area contributed by atoms with Crippen molar-refractivity contribution in [1.29, 1.82) is 0 Å². The average molecular weight is 732 g/mol. The molecule has 51 heavy (non-hydrogen) atoms. The number of ether oxygens (including phenoxy) is 2. The van der Waals surface area contributed by atoms with Gasteiger partial charge in [-0.05, 0) is 70.9 Å². The first kappa shape index (κ1) is 36.6. The summed E-state index contributed by atoms with van der Waals surface area (Å²) in [5.41, 5.74) is -1.36. The Kier molecular flexibility index (Phi) is 10.1. The molecule has 3 heterocycles. The number of hydrogen-bond acceptors (Lipinski definition) is 9. The first-order valence-electron chi connectivity index (χ1n) is 17.6. The summed E-state index contributed by atoms with van der Waals surface area (Å²) in [5.74, 6) is -3.06. The molecule has 2 unspecified atom stereocenters. The van der Waals surface area contributed by atoms with Crippen LogP contribution in [0.2, 0.25) is 0 Å². The molecule has 0 radical (unpaired) electrons. The van der Waals surface area contributed by atoms with Gasteiger partial charge in [-0.15, -0.1) is 0 Å². The van der Waals surface area contributed by atoms with Crippen molar-refractivity contribution in [3.8, 4) is 0 Å². The number of fused-ring (bicyclic) bond motifs is 3. The van der Waals surface area contributed by atoms with E-state index in [9.17, 15) is 36.8 Å². The van der Waals surface area contributed by atoms with Crippen LogP contribution in [0.4, 0.5) is 14.0 Å². The first-order chi connectivity index (χ1) is 24.1. The fourth-order valence-electron chi connectivity index (χ4n) is 7.02. The van der Waals surface area contributed by atoms with E-state index in [0.717, 1.165) is 12.8 Å². The Hall–Kier alpha value is -4.21. The van der Waals surface area contributed by atoms with Crippen molar-refractivity contribution in [3.05, 3.63) is 47.3 Å². The van der Waals surface area contributed by atoms with E-state index in [1.54, 1.807) is 32.9 Å². The number of nitrogens with zero attached hydrogens (tertiary/aromatic N) is 2. The quantitative estimate of drug-likeness (QED) is 0.384. The molecule has 0 bridgehead atoms. The molecule has 278 valence electrons. The number of allylic oxidation sites excluding steroid dienone is 1. The van der Waals surface area contributed by atoms with Crippen molar-refractivity contribution >= 4 is 39.9 Å². The molecule has 5 atom stereocenters. The van der Waals surface area contributed by atoms with E-state index >= 15 is 0 Å². The highest BCUT2D eigenvalue weighted by atomic mass is 32.2. The average Bonchev–Trinajstić information content (AvgIpc) is 3.93. The largest absolute Gasteiger partial charge is 0.444 e. The topological polar surface area (TPSA) is 181 Å². The SMILES string of the molecule is CC(C)(C)OC(=O)N[C@@H]1CCCCC/C=C\C2CC2(C(=O)NS(=O)(=O)C2CC2)NC(=O)[C@@H]2C[C@H](OC(=O)N3Cc4cccc(F)c4C3)CN2C1=O. The van der Waals surface area contributed by atoms with Crippen molar-refractivity contribution in [3.63, 3.8) is 0 Å². The molecule has 2 saturated carbocycles. The normalized spacial score (nSPS) is 28.9. The standard InChI is InChI=1S/C35H46FN5O9S/c1-34(2,3)50-32(45)37-27-13-8-6-4-5-7-11-22-17-35(22,31(44)39-51(47,48)24-14-15-24)38-29(42)28-16-23(19-41(28)30(27)43)49-33(46)40-18-21-10-9-12-26(36)25(21)20-40/h7,9-12,22-24,27-28H,4-6,8,13-20H2,1-3H3,(H,37,45)(H,38,42)(H,39,44)/b11-7-/t22?,23-,27+,28-,35?/m0/s1. The molecule has 3 N–H and O–H groups in total. The fraction of sp³-hybridized carbons (Fsp3) is 0.629. The van der Waals surface area contributed by atoms with Gasteiger partial charge in [0.25, 0.3) is 5.91 Å². The highest BCUT2D eigenvalue weighted by Gasteiger charge is 2.62. The van der Waals surface area contributed by atoms with Crippen LogP contribution in [0.5, 0.6) is 0 Å². The molecule has 5 amide bonds. The molecule has 5 aliphatic rings. The van der Waals surface area contributed by atoms with Crippen LogP contribution in [0.15, 0.2) is 30.4 Å². The van der Waals surface area contributed by atoms with Crippen LogP contribution in [0.3, 0.4) is 0 Å². The molecule has 1 saturated heterocycles. The molecular weight excluding hydrogens is 685 g/mol. The third kappa shape index (κ3) is 8.31. The zero-order chi connectivity index (χ0) is 36.7. The Bertz CT molecular complexity index is 1730. The Morgan fingerprint density at radius 3 is 2.53 bits per heavy atom. The third-order valence-electron chi connectivity index (χ3n) is 9.99. The molecule has 3 fully saturated rings. The summed E-state index contributed by atoms with van der Waals surface area (Å²) in [4.78, 5) is 70.8. The van der Waals surface area contributed by atoms with Crippen LogP contribution in [-0.4, -0.2) is 89.2 Å².